The summed E-state index contributed by atoms with van der Waals surface area (Å²) in [6.45, 7) is 0.575. The van der Waals surface area contributed by atoms with Crippen molar-refractivity contribution < 1.29 is 24.2 Å². The molecule has 3 fully saturated rings. The van der Waals surface area contributed by atoms with Crippen molar-refractivity contribution in [3.05, 3.63) is 83.6 Å². The fourth-order valence-electron chi connectivity index (χ4n) is 5.75. The van der Waals surface area contributed by atoms with Gasteiger partial charge in [-0.2, -0.15) is 0 Å². The van der Waals surface area contributed by atoms with Gasteiger partial charge in [-0.1, -0.05) is 54.6 Å². The van der Waals surface area contributed by atoms with Crippen molar-refractivity contribution in [2.24, 2.45) is 5.92 Å². The number of carbonyl (C=O) groups is 3. The van der Waals surface area contributed by atoms with E-state index in [0.29, 0.717) is 19.4 Å². The average molecular weight is 469 g/mol. The lowest BCUT2D eigenvalue weighted by Gasteiger charge is -2.37. The number of carboxylic acids is 1. The summed E-state index contributed by atoms with van der Waals surface area (Å²) < 4.78 is 5.55. The standard InChI is InChI=1S/C27H23N3O5/c31-24(30-14-16-12-27(30,13-16)25(32)33)22-10-5-11-23(28-22)29-26(34)35-15-21-19-8-3-1-6-17(19)18-7-2-4-9-20(18)21/h1-11,16,21H,12-15H2,(H,32,33)(H,28,29,34). The number of aliphatic carboxylic acids is 1. The molecular formula is C27H23N3O5. The zero-order valence-electron chi connectivity index (χ0n) is 18.8. The van der Waals surface area contributed by atoms with Crippen LogP contribution in [0.3, 0.4) is 0 Å². The number of carboxylic acid groups (broad SMARTS) is 1. The van der Waals surface area contributed by atoms with Crippen LogP contribution in [0.5, 0.6) is 0 Å². The third-order valence-corrected chi connectivity index (χ3v) is 7.40. The van der Waals surface area contributed by atoms with Gasteiger partial charge in [-0.15, -0.1) is 0 Å². The van der Waals surface area contributed by atoms with Crippen molar-refractivity contribution in [1.29, 1.82) is 0 Å². The molecule has 2 aliphatic carbocycles. The van der Waals surface area contributed by atoms with E-state index < -0.39 is 23.5 Å². The van der Waals surface area contributed by atoms with E-state index in [1.165, 1.54) is 11.0 Å². The van der Waals surface area contributed by atoms with Crippen molar-refractivity contribution in [2.75, 3.05) is 18.5 Å². The molecule has 3 aromatic rings. The highest BCUT2D eigenvalue weighted by Gasteiger charge is 2.63. The molecule has 2 N–H and O–H groups in total. The van der Waals surface area contributed by atoms with E-state index in [-0.39, 0.29) is 30.0 Å². The number of fused-ring (bicyclic) bond motifs is 4. The smallest absolute Gasteiger partial charge is 0.412 e. The van der Waals surface area contributed by atoms with Gasteiger partial charge < -0.3 is 14.7 Å². The molecule has 2 aromatic carbocycles. The summed E-state index contributed by atoms with van der Waals surface area (Å²) >= 11 is 0. The fraction of sp³-hybridized carbons (Fsp3) is 0.259. The van der Waals surface area contributed by atoms with E-state index in [9.17, 15) is 19.5 Å². The first-order chi connectivity index (χ1) is 17.0. The van der Waals surface area contributed by atoms with Gasteiger partial charge in [0.2, 0.25) is 0 Å². The van der Waals surface area contributed by atoms with Gasteiger partial charge in [0.05, 0.1) is 0 Å². The summed E-state index contributed by atoms with van der Waals surface area (Å²) in [5.41, 5.74) is 3.48. The number of nitrogens with one attached hydrogen (secondary N) is 1. The third-order valence-electron chi connectivity index (χ3n) is 7.40. The average Bonchev–Trinajstić information content (AvgIpc) is 3.51. The first-order valence-electron chi connectivity index (χ1n) is 11.6. The van der Waals surface area contributed by atoms with Crippen LogP contribution >= 0.6 is 0 Å². The zero-order chi connectivity index (χ0) is 24.2. The molecule has 0 radical (unpaired) electrons. The predicted octanol–water partition coefficient (Wildman–Crippen LogP) is 4.13. The van der Waals surface area contributed by atoms with E-state index in [0.717, 1.165) is 22.3 Å². The van der Waals surface area contributed by atoms with E-state index in [1.54, 1.807) is 12.1 Å². The van der Waals surface area contributed by atoms with Gasteiger partial charge in [-0.3, -0.25) is 10.1 Å². The van der Waals surface area contributed by atoms with Crippen LogP contribution in [0.25, 0.3) is 11.1 Å². The summed E-state index contributed by atoms with van der Waals surface area (Å²) in [6.07, 6.45) is 0.284. The Morgan fingerprint density at radius 3 is 2.29 bits per heavy atom. The van der Waals surface area contributed by atoms with Crippen LogP contribution in [0.15, 0.2) is 66.7 Å². The number of aromatic nitrogens is 1. The third kappa shape index (κ3) is 3.36. The number of rotatable bonds is 5. The Labute approximate surface area is 201 Å². The first-order valence-corrected chi connectivity index (χ1v) is 11.6. The van der Waals surface area contributed by atoms with Crippen LogP contribution in [-0.4, -0.2) is 51.7 Å². The van der Waals surface area contributed by atoms with Gasteiger partial charge in [0, 0.05) is 12.5 Å². The van der Waals surface area contributed by atoms with Gasteiger partial charge in [-0.05, 0) is 53.1 Å². The number of hydrogen-bond acceptors (Lipinski definition) is 5. The van der Waals surface area contributed by atoms with E-state index in [4.69, 9.17) is 4.74 Å². The molecule has 2 aliphatic heterocycles. The minimum atomic E-state index is -1.13. The SMILES string of the molecule is O=C(Nc1cccc(C(=O)N2CC3CC2(C(=O)O)C3)n1)OCC1c2ccccc2-c2ccccc21. The number of ether oxygens (including phenoxy) is 1. The normalized spacial score (nSPS) is 21.6. The molecule has 1 aromatic heterocycles. The molecule has 0 unspecified atom stereocenters. The predicted molar refractivity (Wildman–Crippen MR) is 127 cm³/mol. The lowest BCUT2D eigenvalue weighted by molar-refractivity contribution is -0.151. The molecule has 0 atom stereocenters. The van der Waals surface area contributed by atoms with Gasteiger partial charge in [0.15, 0.2) is 0 Å². The largest absolute Gasteiger partial charge is 0.479 e. The minimum Gasteiger partial charge on any atom is -0.479 e. The molecule has 4 aliphatic rings. The number of carbonyl (C=O) groups excluding carboxylic acids is 2. The van der Waals surface area contributed by atoms with Gasteiger partial charge >= 0.3 is 12.1 Å². The fourth-order valence-corrected chi connectivity index (χ4v) is 5.75. The number of pyridine rings is 1. The quantitative estimate of drug-likeness (QED) is 0.582. The molecular weight excluding hydrogens is 446 g/mol. The van der Waals surface area contributed by atoms with Crippen molar-refractivity contribution in [3.63, 3.8) is 0 Å². The molecule has 0 spiro atoms. The van der Waals surface area contributed by atoms with Crippen molar-refractivity contribution in [2.45, 2.75) is 24.3 Å². The Morgan fingerprint density at radius 2 is 1.63 bits per heavy atom. The maximum atomic E-state index is 13.0. The van der Waals surface area contributed by atoms with Crippen LogP contribution < -0.4 is 5.32 Å². The van der Waals surface area contributed by atoms with Crippen molar-refractivity contribution in [3.8, 4) is 11.1 Å². The van der Waals surface area contributed by atoms with Crippen molar-refractivity contribution in [1.82, 2.24) is 9.88 Å². The highest BCUT2D eigenvalue weighted by atomic mass is 16.5. The van der Waals surface area contributed by atoms with E-state index in [2.05, 4.69) is 22.4 Å². The number of nitrogens with zero attached hydrogens (tertiary/aromatic N) is 2. The maximum absolute atomic E-state index is 13.0. The lowest BCUT2D eigenvalue weighted by Crippen LogP contribution is -2.54. The Kier molecular flexibility index (Phi) is 4.84. The van der Waals surface area contributed by atoms with Gasteiger partial charge in [-0.25, -0.2) is 14.6 Å². The van der Waals surface area contributed by atoms with Crippen LogP contribution in [0, 0.1) is 5.92 Å². The Balaban J connectivity index is 1.14. The van der Waals surface area contributed by atoms with E-state index >= 15 is 0 Å². The second-order valence-electron chi connectivity index (χ2n) is 9.39. The molecule has 8 heteroatoms. The zero-order valence-corrected chi connectivity index (χ0v) is 18.8. The summed E-state index contributed by atoms with van der Waals surface area (Å²) in [6, 6.07) is 20.9. The summed E-state index contributed by atoms with van der Waals surface area (Å²) in [5.74, 6) is -1.10. The number of amides is 2. The van der Waals surface area contributed by atoms with Crippen LogP contribution in [0.1, 0.15) is 40.4 Å². The van der Waals surface area contributed by atoms with E-state index in [1.807, 2.05) is 36.4 Å². The second-order valence-corrected chi connectivity index (χ2v) is 9.39. The lowest BCUT2D eigenvalue weighted by atomic mass is 9.73. The monoisotopic (exact) mass is 469 g/mol. The summed E-state index contributed by atoms with van der Waals surface area (Å²) in [4.78, 5) is 43.0. The maximum Gasteiger partial charge on any atom is 0.412 e. The molecule has 176 valence electrons. The van der Waals surface area contributed by atoms with Crippen LogP contribution in [0.4, 0.5) is 10.6 Å². The Hall–Kier alpha value is -4.20. The molecule has 2 bridgehead atoms. The topological polar surface area (TPSA) is 109 Å². The molecule has 35 heavy (non-hydrogen) atoms. The van der Waals surface area contributed by atoms with Crippen LogP contribution in [0.2, 0.25) is 0 Å². The molecule has 3 heterocycles. The van der Waals surface area contributed by atoms with Gasteiger partial charge in [0.1, 0.15) is 23.7 Å². The Morgan fingerprint density at radius 1 is 0.971 bits per heavy atom. The first kappa shape index (κ1) is 21.3. The van der Waals surface area contributed by atoms with Gasteiger partial charge in [0.25, 0.3) is 5.91 Å². The number of anilines is 1. The number of benzene rings is 2. The molecule has 1 saturated carbocycles. The molecule has 2 saturated heterocycles. The summed E-state index contributed by atoms with van der Waals surface area (Å²) in [5, 5.41) is 12.2. The van der Waals surface area contributed by atoms with Crippen molar-refractivity contribution >= 4 is 23.8 Å². The molecule has 7 rings (SSSR count). The summed E-state index contributed by atoms with van der Waals surface area (Å²) in [7, 11) is 0. The minimum absolute atomic E-state index is 0.0668. The number of hydrogen-bond donors (Lipinski definition) is 2. The molecule has 2 amide bonds. The highest BCUT2D eigenvalue weighted by molar-refractivity contribution is 5.98. The Bertz CT molecular complexity index is 1320. The van der Waals surface area contributed by atoms with Crippen LogP contribution in [-0.2, 0) is 9.53 Å². The second kappa shape index (κ2) is 7.94. The highest BCUT2D eigenvalue weighted by Crippen LogP contribution is 2.51. The molecule has 8 nitrogen and oxygen atoms in total.